The van der Waals surface area contributed by atoms with Crippen molar-refractivity contribution in [3.8, 4) is 0 Å². The topological polar surface area (TPSA) is 12.0 Å². The summed E-state index contributed by atoms with van der Waals surface area (Å²) in [6.45, 7) is 9.47. The molecule has 0 bridgehead atoms. The molecule has 0 aromatic carbocycles. The van der Waals surface area contributed by atoms with Crippen LogP contribution >= 0.6 is 11.3 Å². The molecule has 0 radical (unpaired) electrons. The molecule has 3 atom stereocenters. The van der Waals surface area contributed by atoms with E-state index in [9.17, 15) is 0 Å². The van der Waals surface area contributed by atoms with Gasteiger partial charge in [0.2, 0.25) is 0 Å². The van der Waals surface area contributed by atoms with E-state index in [2.05, 4.69) is 42.9 Å². The van der Waals surface area contributed by atoms with Gasteiger partial charge in [-0.05, 0) is 91.3 Å². The number of hydrogen-bond acceptors (Lipinski definition) is 2. The van der Waals surface area contributed by atoms with Gasteiger partial charge in [-0.25, -0.2) is 0 Å². The van der Waals surface area contributed by atoms with Crippen molar-refractivity contribution in [3.63, 3.8) is 0 Å². The fourth-order valence-electron chi connectivity index (χ4n) is 3.66. The minimum atomic E-state index is 0.851. The zero-order valence-corrected chi connectivity index (χ0v) is 14.2. The highest BCUT2D eigenvalue weighted by atomic mass is 32.1. The first kappa shape index (κ1) is 16.0. The number of hydrogen-bond donors (Lipinski definition) is 1. The smallest absolute Gasteiger partial charge is 0.00178 e. The summed E-state index contributed by atoms with van der Waals surface area (Å²) in [5.41, 5.74) is 1.56. The third-order valence-electron chi connectivity index (χ3n) is 5.03. The lowest BCUT2D eigenvalue weighted by atomic mass is 9.69. The van der Waals surface area contributed by atoms with Crippen molar-refractivity contribution < 1.29 is 0 Å². The van der Waals surface area contributed by atoms with Crippen LogP contribution in [0.1, 0.15) is 52.0 Å². The lowest BCUT2D eigenvalue weighted by Gasteiger charge is -2.38. The van der Waals surface area contributed by atoms with Crippen LogP contribution in [0.3, 0.4) is 0 Å². The lowest BCUT2D eigenvalue weighted by Crippen LogP contribution is -2.35. The van der Waals surface area contributed by atoms with Crippen LogP contribution in [0.5, 0.6) is 0 Å². The Morgan fingerprint density at radius 3 is 2.80 bits per heavy atom. The Labute approximate surface area is 129 Å². The third-order valence-corrected chi connectivity index (χ3v) is 5.77. The number of rotatable bonds is 7. The molecule has 0 spiro atoms. The molecule has 1 aromatic heterocycles. The molecule has 1 aliphatic carbocycles. The Bertz CT molecular complexity index is 358. The van der Waals surface area contributed by atoms with Crippen molar-refractivity contribution in [1.82, 2.24) is 5.32 Å². The predicted molar refractivity (Wildman–Crippen MR) is 90.3 cm³/mol. The molecule has 1 saturated carbocycles. The fraction of sp³-hybridized carbons (Fsp3) is 0.778. The molecule has 2 heteroatoms. The monoisotopic (exact) mass is 293 g/mol. The Morgan fingerprint density at radius 1 is 1.30 bits per heavy atom. The molecular weight excluding hydrogens is 262 g/mol. The first-order valence-corrected chi connectivity index (χ1v) is 9.36. The van der Waals surface area contributed by atoms with E-state index in [1.54, 1.807) is 5.56 Å². The summed E-state index contributed by atoms with van der Waals surface area (Å²) in [6, 6.07) is 2.32. The SMILES string of the molecule is CCCNCC1CCC(C(C)C)CC1Cc1ccsc1. The van der Waals surface area contributed by atoms with Crippen LogP contribution in [0.2, 0.25) is 0 Å². The molecule has 1 fully saturated rings. The van der Waals surface area contributed by atoms with Crippen molar-refractivity contribution in [2.24, 2.45) is 23.7 Å². The summed E-state index contributed by atoms with van der Waals surface area (Å²) in [5, 5.41) is 8.23. The molecule has 3 unspecified atom stereocenters. The summed E-state index contributed by atoms with van der Waals surface area (Å²) >= 11 is 1.84. The molecular formula is C18H31NS. The Balaban J connectivity index is 1.94. The van der Waals surface area contributed by atoms with E-state index in [0.717, 1.165) is 23.7 Å². The lowest BCUT2D eigenvalue weighted by molar-refractivity contribution is 0.145. The maximum atomic E-state index is 3.66. The van der Waals surface area contributed by atoms with Crippen molar-refractivity contribution in [3.05, 3.63) is 22.4 Å². The summed E-state index contributed by atoms with van der Waals surface area (Å²) in [7, 11) is 0. The molecule has 20 heavy (non-hydrogen) atoms. The van der Waals surface area contributed by atoms with Crippen LogP contribution in [0, 0.1) is 23.7 Å². The van der Waals surface area contributed by atoms with E-state index >= 15 is 0 Å². The first-order chi connectivity index (χ1) is 9.70. The van der Waals surface area contributed by atoms with Gasteiger partial charge < -0.3 is 5.32 Å². The van der Waals surface area contributed by atoms with E-state index in [1.807, 2.05) is 11.3 Å². The molecule has 1 aromatic rings. The highest BCUT2D eigenvalue weighted by molar-refractivity contribution is 7.07. The molecule has 114 valence electrons. The predicted octanol–water partition coefficient (Wildman–Crippen LogP) is 4.98. The van der Waals surface area contributed by atoms with Gasteiger partial charge in [0.1, 0.15) is 0 Å². The van der Waals surface area contributed by atoms with Crippen molar-refractivity contribution in [2.45, 2.75) is 52.9 Å². The van der Waals surface area contributed by atoms with Gasteiger partial charge in [0.25, 0.3) is 0 Å². The Hall–Kier alpha value is -0.340. The molecule has 0 aliphatic heterocycles. The van der Waals surface area contributed by atoms with Crippen LogP contribution in [0.15, 0.2) is 16.8 Å². The van der Waals surface area contributed by atoms with Gasteiger partial charge in [-0.3, -0.25) is 0 Å². The third kappa shape index (κ3) is 4.60. The molecule has 2 rings (SSSR count). The summed E-state index contributed by atoms with van der Waals surface area (Å²) in [4.78, 5) is 0. The molecule has 0 saturated heterocycles. The minimum Gasteiger partial charge on any atom is -0.316 e. The maximum absolute atomic E-state index is 3.66. The van der Waals surface area contributed by atoms with E-state index in [-0.39, 0.29) is 0 Å². The molecule has 1 aliphatic rings. The maximum Gasteiger partial charge on any atom is -0.00178 e. The number of nitrogens with one attached hydrogen (secondary N) is 1. The van der Waals surface area contributed by atoms with E-state index < -0.39 is 0 Å². The fourth-order valence-corrected chi connectivity index (χ4v) is 4.34. The summed E-state index contributed by atoms with van der Waals surface area (Å²) in [6.07, 6.45) is 6.85. The first-order valence-electron chi connectivity index (χ1n) is 8.42. The van der Waals surface area contributed by atoms with Gasteiger partial charge in [0, 0.05) is 0 Å². The van der Waals surface area contributed by atoms with Crippen LogP contribution < -0.4 is 5.32 Å². The zero-order chi connectivity index (χ0) is 14.4. The van der Waals surface area contributed by atoms with Gasteiger partial charge in [0.05, 0.1) is 0 Å². The minimum absolute atomic E-state index is 0.851. The van der Waals surface area contributed by atoms with Gasteiger partial charge in [0.15, 0.2) is 0 Å². The van der Waals surface area contributed by atoms with Crippen LogP contribution in [-0.4, -0.2) is 13.1 Å². The van der Waals surface area contributed by atoms with E-state index in [1.165, 1.54) is 45.2 Å². The second kappa shape index (κ2) is 8.19. The van der Waals surface area contributed by atoms with Gasteiger partial charge >= 0.3 is 0 Å². The second-order valence-electron chi connectivity index (χ2n) is 6.88. The number of thiophene rings is 1. The highest BCUT2D eigenvalue weighted by Gasteiger charge is 2.31. The Morgan fingerprint density at radius 2 is 2.15 bits per heavy atom. The quantitative estimate of drug-likeness (QED) is 0.699. The summed E-state index contributed by atoms with van der Waals surface area (Å²) in [5.74, 6) is 3.57. The van der Waals surface area contributed by atoms with Crippen LogP contribution in [0.25, 0.3) is 0 Å². The second-order valence-corrected chi connectivity index (χ2v) is 7.66. The van der Waals surface area contributed by atoms with Crippen molar-refractivity contribution in [2.75, 3.05) is 13.1 Å². The van der Waals surface area contributed by atoms with E-state index in [4.69, 9.17) is 0 Å². The van der Waals surface area contributed by atoms with E-state index in [0.29, 0.717) is 0 Å². The van der Waals surface area contributed by atoms with Gasteiger partial charge in [-0.2, -0.15) is 11.3 Å². The summed E-state index contributed by atoms with van der Waals surface area (Å²) < 4.78 is 0. The highest BCUT2D eigenvalue weighted by Crippen LogP contribution is 2.39. The molecule has 1 nitrogen and oxygen atoms in total. The molecule has 1 N–H and O–H groups in total. The van der Waals surface area contributed by atoms with Crippen LogP contribution in [-0.2, 0) is 6.42 Å². The average Bonchev–Trinajstić information content (AvgIpc) is 2.93. The average molecular weight is 294 g/mol. The Kier molecular flexibility index (Phi) is 6.57. The van der Waals surface area contributed by atoms with Gasteiger partial charge in [-0.1, -0.05) is 20.8 Å². The zero-order valence-electron chi connectivity index (χ0n) is 13.4. The standard InChI is InChI=1S/C18H31NS/c1-4-8-19-12-17-6-5-16(14(2)3)11-18(17)10-15-7-9-20-13-15/h7,9,13-14,16-19H,4-6,8,10-12H2,1-3H3. The van der Waals surface area contributed by atoms with Crippen molar-refractivity contribution in [1.29, 1.82) is 0 Å². The van der Waals surface area contributed by atoms with Crippen LogP contribution in [0.4, 0.5) is 0 Å². The van der Waals surface area contributed by atoms with Crippen molar-refractivity contribution >= 4 is 11.3 Å². The largest absolute Gasteiger partial charge is 0.316 e. The molecule has 1 heterocycles. The van der Waals surface area contributed by atoms with Gasteiger partial charge in [-0.15, -0.1) is 0 Å². The normalized spacial score (nSPS) is 27.1. The molecule has 0 amide bonds.